The molecule has 1 aliphatic rings. The fraction of sp³-hybridized carbons (Fsp3) is 0.364. The number of halogens is 4. The van der Waals surface area contributed by atoms with Crippen molar-refractivity contribution in [2.75, 3.05) is 0 Å². The Kier molecular flexibility index (Phi) is 3.16. The molecule has 92 valence electrons. The van der Waals surface area contributed by atoms with Crippen molar-refractivity contribution in [2.24, 2.45) is 0 Å². The molecule has 2 nitrogen and oxygen atoms in total. The summed E-state index contributed by atoms with van der Waals surface area (Å²) in [5, 5.41) is 2.65. The van der Waals surface area contributed by atoms with Crippen LogP contribution in [0.15, 0.2) is 22.7 Å². The zero-order valence-electron chi connectivity index (χ0n) is 8.64. The van der Waals surface area contributed by atoms with Crippen molar-refractivity contribution in [3.8, 4) is 0 Å². The molecule has 1 aromatic carbocycles. The average Bonchev–Trinajstić information content (AvgIpc) is 3.00. The third-order valence-electron chi connectivity index (χ3n) is 2.45. The summed E-state index contributed by atoms with van der Waals surface area (Å²) in [5.41, 5.74) is -0.798. The lowest BCUT2D eigenvalue weighted by molar-refractivity contribution is -0.138. The Hall–Kier alpha value is -1.04. The van der Waals surface area contributed by atoms with Gasteiger partial charge in [0.15, 0.2) is 0 Å². The van der Waals surface area contributed by atoms with Crippen molar-refractivity contribution in [1.29, 1.82) is 0 Å². The molecule has 1 aromatic rings. The third kappa shape index (κ3) is 3.00. The molecule has 0 aromatic heterocycles. The lowest BCUT2D eigenvalue weighted by Gasteiger charge is -2.11. The Morgan fingerprint density at radius 1 is 1.35 bits per heavy atom. The van der Waals surface area contributed by atoms with E-state index in [0.717, 1.165) is 18.9 Å². The van der Waals surface area contributed by atoms with E-state index >= 15 is 0 Å². The molecule has 0 aliphatic heterocycles. The summed E-state index contributed by atoms with van der Waals surface area (Å²) in [6, 6.07) is 3.60. The van der Waals surface area contributed by atoms with Crippen LogP contribution in [0.1, 0.15) is 28.8 Å². The van der Waals surface area contributed by atoms with Crippen LogP contribution in [0.25, 0.3) is 0 Å². The molecule has 0 saturated heterocycles. The molecule has 1 N–H and O–H groups in total. The highest BCUT2D eigenvalue weighted by molar-refractivity contribution is 9.10. The predicted molar refractivity (Wildman–Crippen MR) is 59.6 cm³/mol. The smallest absolute Gasteiger partial charge is 0.349 e. The van der Waals surface area contributed by atoms with E-state index in [4.69, 9.17) is 0 Å². The number of carbonyl (C=O) groups is 1. The largest absolute Gasteiger partial charge is 0.417 e. The van der Waals surface area contributed by atoms with Crippen molar-refractivity contribution in [3.05, 3.63) is 33.8 Å². The second-order valence-electron chi connectivity index (χ2n) is 3.94. The lowest BCUT2D eigenvalue weighted by Crippen LogP contribution is -2.25. The number of hydrogen-bond donors (Lipinski definition) is 1. The highest BCUT2D eigenvalue weighted by Gasteiger charge is 2.34. The molecule has 17 heavy (non-hydrogen) atoms. The minimum atomic E-state index is -4.46. The number of alkyl halides is 3. The van der Waals surface area contributed by atoms with Gasteiger partial charge < -0.3 is 5.32 Å². The Labute approximate surface area is 104 Å². The van der Waals surface area contributed by atoms with Crippen LogP contribution in [0, 0.1) is 0 Å². The molecule has 0 radical (unpaired) electrons. The highest BCUT2D eigenvalue weighted by Crippen LogP contribution is 2.35. The van der Waals surface area contributed by atoms with Crippen molar-refractivity contribution < 1.29 is 18.0 Å². The first-order chi connectivity index (χ1) is 7.88. The van der Waals surface area contributed by atoms with Gasteiger partial charge in [0.2, 0.25) is 0 Å². The number of benzene rings is 1. The number of rotatable bonds is 2. The maximum atomic E-state index is 12.6. The highest BCUT2D eigenvalue weighted by atomic mass is 79.9. The van der Waals surface area contributed by atoms with Gasteiger partial charge in [-0.1, -0.05) is 15.9 Å². The predicted octanol–water partition coefficient (Wildman–Crippen LogP) is 3.36. The van der Waals surface area contributed by atoms with Crippen LogP contribution in [-0.2, 0) is 6.18 Å². The molecular formula is C11H9BrF3NO. The van der Waals surface area contributed by atoms with Crippen molar-refractivity contribution in [2.45, 2.75) is 25.1 Å². The van der Waals surface area contributed by atoms with E-state index in [-0.39, 0.29) is 16.1 Å². The SMILES string of the molecule is O=C(NC1CC1)c1ccc(Br)c(C(F)(F)F)c1. The summed E-state index contributed by atoms with van der Waals surface area (Å²) in [6.45, 7) is 0. The molecule has 0 heterocycles. The second kappa shape index (κ2) is 4.33. The molecular weight excluding hydrogens is 299 g/mol. The zero-order chi connectivity index (χ0) is 12.6. The van der Waals surface area contributed by atoms with E-state index in [1.165, 1.54) is 12.1 Å². The van der Waals surface area contributed by atoms with Gasteiger partial charge in [0.1, 0.15) is 0 Å². The van der Waals surface area contributed by atoms with Crippen LogP contribution in [0.5, 0.6) is 0 Å². The van der Waals surface area contributed by atoms with Crippen LogP contribution < -0.4 is 5.32 Å². The van der Waals surface area contributed by atoms with Crippen molar-refractivity contribution in [3.63, 3.8) is 0 Å². The molecule has 0 unspecified atom stereocenters. The molecule has 0 bridgehead atoms. The quantitative estimate of drug-likeness (QED) is 0.892. The van der Waals surface area contributed by atoms with E-state index < -0.39 is 17.6 Å². The first kappa shape index (κ1) is 12.4. The molecule has 1 amide bonds. The van der Waals surface area contributed by atoms with E-state index in [1.807, 2.05) is 0 Å². The standard InChI is InChI=1S/C11H9BrF3NO/c12-9-4-1-6(5-8(9)11(13,14)15)10(17)16-7-2-3-7/h1,4-5,7H,2-3H2,(H,16,17). The van der Waals surface area contributed by atoms with Gasteiger partial charge in [-0.05, 0) is 31.0 Å². The fourth-order valence-corrected chi connectivity index (χ4v) is 1.85. The summed E-state index contributed by atoms with van der Waals surface area (Å²) < 4.78 is 37.8. The molecule has 1 fully saturated rings. The first-order valence-electron chi connectivity index (χ1n) is 5.05. The zero-order valence-corrected chi connectivity index (χ0v) is 10.2. The first-order valence-corrected chi connectivity index (χ1v) is 5.85. The summed E-state index contributed by atoms with van der Waals surface area (Å²) in [7, 11) is 0. The van der Waals surface area contributed by atoms with Crippen LogP contribution >= 0.6 is 15.9 Å². The van der Waals surface area contributed by atoms with Gasteiger partial charge in [-0.3, -0.25) is 4.79 Å². The minimum absolute atomic E-state index is 0.0347. The Morgan fingerprint density at radius 3 is 2.53 bits per heavy atom. The number of carbonyl (C=O) groups excluding carboxylic acids is 1. The van der Waals surface area contributed by atoms with Gasteiger partial charge in [-0.2, -0.15) is 13.2 Å². The van der Waals surface area contributed by atoms with E-state index in [9.17, 15) is 18.0 Å². The van der Waals surface area contributed by atoms with E-state index in [0.29, 0.717) is 0 Å². The Morgan fingerprint density at radius 2 is 2.00 bits per heavy atom. The second-order valence-corrected chi connectivity index (χ2v) is 4.79. The van der Waals surface area contributed by atoms with Crippen LogP contribution in [-0.4, -0.2) is 11.9 Å². The normalized spacial score (nSPS) is 15.8. The Bertz CT molecular complexity index is 455. The summed E-state index contributed by atoms with van der Waals surface area (Å²) in [5.74, 6) is -0.453. The molecule has 2 rings (SSSR count). The van der Waals surface area contributed by atoms with Gasteiger partial charge in [-0.15, -0.1) is 0 Å². The lowest BCUT2D eigenvalue weighted by atomic mass is 10.1. The van der Waals surface area contributed by atoms with Crippen LogP contribution in [0.4, 0.5) is 13.2 Å². The maximum Gasteiger partial charge on any atom is 0.417 e. The van der Waals surface area contributed by atoms with Crippen molar-refractivity contribution in [1.82, 2.24) is 5.32 Å². The molecule has 0 atom stereocenters. The molecule has 1 aliphatic carbocycles. The third-order valence-corrected chi connectivity index (χ3v) is 3.14. The van der Waals surface area contributed by atoms with Gasteiger partial charge in [-0.25, -0.2) is 0 Å². The maximum absolute atomic E-state index is 12.6. The van der Waals surface area contributed by atoms with E-state index in [2.05, 4.69) is 21.2 Å². The Balaban J connectivity index is 2.26. The van der Waals surface area contributed by atoms with Gasteiger partial charge in [0.05, 0.1) is 5.56 Å². The number of amides is 1. The minimum Gasteiger partial charge on any atom is -0.349 e. The van der Waals surface area contributed by atoms with Gasteiger partial charge >= 0.3 is 6.18 Å². The average molecular weight is 308 g/mol. The summed E-state index contributed by atoms with van der Waals surface area (Å²) >= 11 is 2.83. The summed E-state index contributed by atoms with van der Waals surface area (Å²) in [4.78, 5) is 11.6. The monoisotopic (exact) mass is 307 g/mol. The number of hydrogen-bond acceptors (Lipinski definition) is 1. The fourth-order valence-electron chi connectivity index (χ4n) is 1.38. The van der Waals surface area contributed by atoms with Gasteiger partial charge in [0, 0.05) is 16.1 Å². The van der Waals surface area contributed by atoms with Crippen molar-refractivity contribution >= 4 is 21.8 Å². The van der Waals surface area contributed by atoms with Gasteiger partial charge in [0.25, 0.3) is 5.91 Å². The molecule has 6 heteroatoms. The number of nitrogens with one attached hydrogen (secondary N) is 1. The molecule has 1 saturated carbocycles. The van der Waals surface area contributed by atoms with E-state index in [1.54, 1.807) is 0 Å². The molecule has 0 spiro atoms. The topological polar surface area (TPSA) is 29.1 Å². The van der Waals surface area contributed by atoms with Crippen LogP contribution in [0.3, 0.4) is 0 Å². The van der Waals surface area contributed by atoms with Crippen LogP contribution in [0.2, 0.25) is 0 Å². The summed E-state index contributed by atoms with van der Waals surface area (Å²) in [6.07, 6.45) is -2.67.